The van der Waals surface area contributed by atoms with Gasteiger partial charge in [-0.25, -0.2) is 15.0 Å². The van der Waals surface area contributed by atoms with Crippen LogP contribution in [0.2, 0.25) is 0 Å². The molecule has 0 aliphatic rings. The van der Waals surface area contributed by atoms with Crippen LogP contribution in [0, 0.1) is 6.92 Å². The van der Waals surface area contributed by atoms with Crippen molar-refractivity contribution in [3.63, 3.8) is 0 Å². The van der Waals surface area contributed by atoms with E-state index in [-0.39, 0.29) is 0 Å². The Bertz CT molecular complexity index is 760. The highest BCUT2D eigenvalue weighted by molar-refractivity contribution is 5.82. The van der Waals surface area contributed by atoms with E-state index in [0.29, 0.717) is 11.5 Å². The van der Waals surface area contributed by atoms with Crippen LogP contribution in [0.4, 0.5) is 5.82 Å². The Morgan fingerprint density at radius 1 is 1.20 bits per heavy atom. The lowest BCUT2D eigenvalue weighted by molar-refractivity contribution is 0.702. The van der Waals surface area contributed by atoms with E-state index < -0.39 is 0 Å². The maximum absolute atomic E-state index is 5.94. The van der Waals surface area contributed by atoms with Crippen LogP contribution in [0.5, 0.6) is 0 Å². The summed E-state index contributed by atoms with van der Waals surface area (Å²) in [7, 11) is 0. The molecule has 5 nitrogen and oxygen atoms in total. The number of fused-ring (bicyclic) bond motifs is 1. The molecule has 3 aromatic rings. The SMILES string of the molecule is CCCn1c(-c2nccnc2N)nc2cc(C)ccc21. The van der Waals surface area contributed by atoms with Gasteiger partial charge in [-0.05, 0) is 31.0 Å². The number of nitrogens with two attached hydrogens (primary N) is 1. The van der Waals surface area contributed by atoms with Crippen LogP contribution in [0.3, 0.4) is 0 Å². The number of aromatic nitrogens is 4. The lowest BCUT2D eigenvalue weighted by Crippen LogP contribution is -2.04. The smallest absolute Gasteiger partial charge is 0.163 e. The first-order chi connectivity index (χ1) is 9.70. The number of rotatable bonds is 3. The van der Waals surface area contributed by atoms with E-state index in [0.717, 1.165) is 29.8 Å². The van der Waals surface area contributed by atoms with Crippen molar-refractivity contribution in [1.82, 2.24) is 19.5 Å². The van der Waals surface area contributed by atoms with Gasteiger partial charge in [0.1, 0.15) is 5.69 Å². The van der Waals surface area contributed by atoms with E-state index in [1.54, 1.807) is 12.4 Å². The van der Waals surface area contributed by atoms with Crippen LogP contribution in [0.25, 0.3) is 22.6 Å². The summed E-state index contributed by atoms with van der Waals surface area (Å²) in [4.78, 5) is 13.1. The first-order valence-corrected chi connectivity index (χ1v) is 6.74. The number of imidazole rings is 1. The zero-order valence-electron chi connectivity index (χ0n) is 11.7. The Morgan fingerprint density at radius 3 is 2.75 bits per heavy atom. The lowest BCUT2D eigenvalue weighted by Gasteiger charge is -2.08. The average molecular weight is 267 g/mol. The van der Waals surface area contributed by atoms with Crippen molar-refractivity contribution >= 4 is 16.9 Å². The summed E-state index contributed by atoms with van der Waals surface area (Å²) in [6.45, 7) is 5.09. The van der Waals surface area contributed by atoms with E-state index in [2.05, 4.69) is 46.6 Å². The zero-order chi connectivity index (χ0) is 14.1. The van der Waals surface area contributed by atoms with Gasteiger partial charge in [-0.1, -0.05) is 13.0 Å². The zero-order valence-corrected chi connectivity index (χ0v) is 11.7. The van der Waals surface area contributed by atoms with Gasteiger partial charge >= 0.3 is 0 Å². The van der Waals surface area contributed by atoms with Crippen molar-refractivity contribution in [2.75, 3.05) is 5.73 Å². The topological polar surface area (TPSA) is 69.6 Å². The maximum atomic E-state index is 5.94. The Kier molecular flexibility index (Phi) is 3.10. The average Bonchev–Trinajstić information content (AvgIpc) is 2.77. The molecule has 3 rings (SSSR count). The fourth-order valence-corrected chi connectivity index (χ4v) is 2.39. The predicted octanol–water partition coefficient (Wildman–Crippen LogP) is 2.79. The van der Waals surface area contributed by atoms with Crippen molar-refractivity contribution in [3.8, 4) is 11.5 Å². The molecule has 0 amide bonds. The highest BCUT2D eigenvalue weighted by Gasteiger charge is 2.15. The number of nitrogens with zero attached hydrogens (tertiary/aromatic N) is 4. The van der Waals surface area contributed by atoms with Crippen molar-refractivity contribution in [3.05, 3.63) is 36.2 Å². The van der Waals surface area contributed by atoms with E-state index >= 15 is 0 Å². The molecule has 0 saturated carbocycles. The molecule has 0 fully saturated rings. The van der Waals surface area contributed by atoms with Gasteiger partial charge in [0.05, 0.1) is 11.0 Å². The molecule has 0 saturated heterocycles. The van der Waals surface area contributed by atoms with Gasteiger partial charge in [0.15, 0.2) is 11.6 Å². The summed E-state index contributed by atoms with van der Waals surface area (Å²) in [6.07, 6.45) is 4.26. The molecule has 0 radical (unpaired) electrons. The van der Waals surface area contributed by atoms with Gasteiger partial charge in [0.25, 0.3) is 0 Å². The normalized spacial score (nSPS) is 11.1. The number of anilines is 1. The summed E-state index contributed by atoms with van der Waals surface area (Å²) < 4.78 is 2.16. The monoisotopic (exact) mass is 267 g/mol. The molecule has 102 valence electrons. The first kappa shape index (κ1) is 12.6. The van der Waals surface area contributed by atoms with Crippen LogP contribution in [-0.2, 0) is 6.54 Å². The second kappa shape index (κ2) is 4.92. The number of aryl methyl sites for hydroxylation is 2. The summed E-state index contributed by atoms with van der Waals surface area (Å²) in [6, 6.07) is 6.28. The molecule has 1 aromatic carbocycles. The van der Waals surface area contributed by atoms with Crippen molar-refractivity contribution in [1.29, 1.82) is 0 Å². The minimum absolute atomic E-state index is 0.414. The summed E-state index contributed by atoms with van der Waals surface area (Å²) in [5.41, 5.74) is 9.86. The van der Waals surface area contributed by atoms with Crippen LogP contribution < -0.4 is 5.73 Å². The van der Waals surface area contributed by atoms with E-state index in [1.165, 1.54) is 5.56 Å². The molecule has 2 aromatic heterocycles. The van der Waals surface area contributed by atoms with Crippen LogP contribution in [-0.4, -0.2) is 19.5 Å². The second-order valence-corrected chi connectivity index (χ2v) is 4.87. The molecule has 2 heterocycles. The molecular formula is C15H17N5. The second-order valence-electron chi connectivity index (χ2n) is 4.87. The van der Waals surface area contributed by atoms with Crippen LogP contribution in [0.15, 0.2) is 30.6 Å². The van der Waals surface area contributed by atoms with Crippen molar-refractivity contribution in [2.45, 2.75) is 26.8 Å². The molecular weight excluding hydrogens is 250 g/mol. The molecule has 0 unspecified atom stereocenters. The number of benzene rings is 1. The molecule has 5 heteroatoms. The molecule has 0 aliphatic carbocycles. The third-order valence-electron chi connectivity index (χ3n) is 3.29. The summed E-state index contributed by atoms with van der Waals surface area (Å²) in [5.74, 6) is 1.20. The largest absolute Gasteiger partial charge is 0.382 e. The Balaban J connectivity index is 2.29. The fraction of sp³-hybridized carbons (Fsp3) is 0.267. The fourth-order valence-electron chi connectivity index (χ4n) is 2.39. The van der Waals surface area contributed by atoms with E-state index in [4.69, 9.17) is 10.7 Å². The van der Waals surface area contributed by atoms with Crippen LogP contribution in [0.1, 0.15) is 18.9 Å². The van der Waals surface area contributed by atoms with Crippen molar-refractivity contribution < 1.29 is 0 Å². The molecule has 0 bridgehead atoms. The molecule has 0 spiro atoms. The predicted molar refractivity (Wildman–Crippen MR) is 80.2 cm³/mol. The number of hydrogen-bond acceptors (Lipinski definition) is 4. The third-order valence-corrected chi connectivity index (χ3v) is 3.29. The summed E-state index contributed by atoms with van der Waals surface area (Å²) in [5, 5.41) is 0. The maximum Gasteiger partial charge on any atom is 0.163 e. The quantitative estimate of drug-likeness (QED) is 0.792. The Morgan fingerprint density at radius 2 is 2.00 bits per heavy atom. The molecule has 0 atom stereocenters. The van der Waals surface area contributed by atoms with Gasteiger partial charge in [-0.15, -0.1) is 0 Å². The molecule has 20 heavy (non-hydrogen) atoms. The minimum Gasteiger partial charge on any atom is -0.382 e. The first-order valence-electron chi connectivity index (χ1n) is 6.74. The standard InChI is InChI=1S/C15H17N5/c1-3-8-20-12-5-4-10(2)9-11(12)19-15(20)13-14(16)18-7-6-17-13/h4-7,9H,3,8H2,1-2H3,(H2,16,18). The lowest BCUT2D eigenvalue weighted by atomic mass is 10.2. The van der Waals surface area contributed by atoms with Gasteiger partial charge in [-0.3, -0.25) is 0 Å². The highest BCUT2D eigenvalue weighted by Crippen LogP contribution is 2.26. The highest BCUT2D eigenvalue weighted by atomic mass is 15.1. The number of hydrogen-bond donors (Lipinski definition) is 1. The third kappa shape index (κ3) is 2.01. The molecule has 0 aliphatic heterocycles. The van der Waals surface area contributed by atoms with Crippen LogP contribution >= 0.6 is 0 Å². The van der Waals surface area contributed by atoms with Gasteiger partial charge in [0.2, 0.25) is 0 Å². The Hall–Kier alpha value is -2.43. The van der Waals surface area contributed by atoms with E-state index in [1.807, 2.05) is 0 Å². The number of nitrogen functional groups attached to an aromatic ring is 1. The van der Waals surface area contributed by atoms with Gasteiger partial charge in [0, 0.05) is 18.9 Å². The Labute approximate surface area is 117 Å². The molecule has 2 N–H and O–H groups in total. The summed E-state index contributed by atoms with van der Waals surface area (Å²) >= 11 is 0. The van der Waals surface area contributed by atoms with Crippen molar-refractivity contribution in [2.24, 2.45) is 0 Å². The van der Waals surface area contributed by atoms with Gasteiger partial charge < -0.3 is 10.3 Å². The van der Waals surface area contributed by atoms with E-state index in [9.17, 15) is 0 Å². The minimum atomic E-state index is 0.414. The van der Waals surface area contributed by atoms with Gasteiger partial charge in [-0.2, -0.15) is 0 Å².